The molecule has 30 heavy (non-hydrogen) atoms. The summed E-state index contributed by atoms with van der Waals surface area (Å²) >= 11 is 0. The van der Waals surface area contributed by atoms with Crippen molar-refractivity contribution in [2.45, 2.75) is 44.4 Å². The summed E-state index contributed by atoms with van der Waals surface area (Å²) in [5.41, 5.74) is 1.25. The topological polar surface area (TPSA) is 96.5 Å². The van der Waals surface area contributed by atoms with Crippen molar-refractivity contribution in [1.29, 1.82) is 0 Å². The molecule has 156 valence electrons. The Balaban J connectivity index is 1.22. The van der Waals surface area contributed by atoms with Gasteiger partial charge in [-0.25, -0.2) is 4.79 Å². The van der Waals surface area contributed by atoms with Crippen LogP contribution in [0.2, 0.25) is 0 Å². The van der Waals surface area contributed by atoms with E-state index in [1.54, 1.807) is 0 Å². The molecule has 1 saturated carbocycles. The van der Waals surface area contributed by atoms with Crippen molar-refractivity contribution in [2.75, 3.05) is 0 Å². The first kappa shape index (κ1) is 19.9. The van der Waals surface area contributed by atoms with E-state index >= 15 is 0 Å². The fourth-order valence-corrected chi connectivity index (χ4v) is 4.02. The molecule has 0 unspecified atom stereocenters. The molecular weight excluding hydrogens is 382 g/mol. The molecule has 1 heterocycles. The summed E-state index contributed by atoms with van der Waals surface area (Å²) in [4.78, 5) is 35.9. The molecule has 2 aromatic carbocycles. The van der Waals surface area contributed by atoms with Crippen LogP contribution in [-0.2, 0) is 22.7 Å². The lowest BCUT2D eigenvalue weighted by atomic mass is 9.76. The van der Waals surface area contributed by atoms with Crippen LogP contribution in [0.15, 0.2) is 54.6 Å². The summed E-state index contributed by atoms with van der Waals surface area (Å²) in [6, 6.07) is 17.2. The molecule has 2 aromatic rings. The zero-order valence-corrected chi connectivity index (χ0v) is 16.6. The predicted molar refractivity (Wildman–Crippen MR) is 110 cm³/mol. The summed E-state index contributed by atoms with van der Waals surface area (Å²) in [5, 5.41) is 8.00. The predicted octanol–water partition coefficient (Wildman–Crippen LogP) is 2.65. The van der Waals surface area contributed by atoms with Crippen LogP contribution in [0.5, 0.6) is 5.75 Å². The smallest absolute Gasteiger partial charge is 0.322 e. The lowest BCUT2D eigenvalue weighted by molar-refractivity contribution is -0.130. The van der Waals surface area contributed by atoms with Crippen LogP contribution in [0.25, 0.3) is 0 Å². The minimum absolute atomic E-state index is 0.00827. The van der Waals surface area contributed by atoms with Crippen LogP contribution < -0.4 is 20.7 Å². The molecule has 1 saturated heterocycles. The van der Waals surface area contributed by atoms with Crippen LogP contribution in [0, 0.1) is 5.92 Å². The Hall–Kier alpha value is -3.35. The molecule has 0 atom stereocenters. The van der Waals surface area contributed by atoms with E-state index in [4.69, 9.17) is 4.74 Å². The SMILES string of the molecule is O=C1NC(=O)C2(CCC(C(=O)NCc3ccc(COc4ccccc4)cc3)CC2)N1. The summed E-state index contributed by atoms with van der Waals surface area (Å²) in [6.45, 7) is 0.947. The monoisotopic (exact) mass is 407 g/mol. The summed E-state index contributed by atoms with van der Waals surface area (Å²) < 4.78 is 5.74. The number of hydrogen-bond donors (Lipinski definition) is 3. The highest BCUT2D eigenvalue weighted by Gasteiger charge is 2.48. The Kier molecular flexibility index (Phi) is 5.70. The standard InChI is InChI=1S/C23H25N3O4/c27-20(18-10-12-23(13-11-18)21(28)25-22(29)26-23)24-14-16-6-8-17(9-7-16)15-30-19-4-2-1-3-5-19/h1-9,18H,10-15H2,(H,24,27)(H2,25,26,28,29). The zero-order valence-electron chi connectivity index (χ0n) is 16.6. The van der Waals surface area contributed by atoms with Gasteiger partial charge in [-0.2, -0.15) is 0 Å². The first-order chi connectivity index (χ1) is 14.5. The Morgan fingerprint density at radius 1 is 1.00 bits per heavy atom. The third-order valence-corrected chi connectivity index (χ3v) is 5.86. The maximum Gasteiger partial charge on any atom is 0.322 e. The maximum atomic E-state index is 12.5. The quantitative estimate of drug-likeness (QED) is 0.642. The molecule has 1 aliphatic carbocycles. The lowest BCUT2D eigenvalue weighted by Crippen LogP contribution is -2.50. The van der Waals surface area contributed by atoms with Gasteiger partial charge >= 0.3 is 6.03 Å². The van der Waals surface area contributed by atoms with Gasteiger partial charge in [-0.15, -0.1) is 0 Å². The number of nitrogens with one attached hydrogen (secondary N) is 3. The third kappa shape index (κ3) is 4.45. The largest absolute Gasteiger partial charge is 0.489 e. The van der Waals surface area contributed by atoms with Gasteiger partial charge in [-0.1, -0.05) is 42.5 Å². The van der Waals surface area contributed by atoms with Gasteiger partial charge < -0.3 is 15.4 Å². The molecule has 4 rings (SSSR count). The molecule has 7 nitrogen and oxygen atoms in total. The number of benzene rings is 2. The van der Waals surface area contributed by atoms with Crippen molar-refractivity contribution in [3.8, 4) is 5.75 Å². The molecule has 3 N–H and O–H groups in total. The van der Waals surface area contributed by atoms with Gasteiger partial charge in [0.25, 0.3) is 5.91 Å². The average Bonchev–Trinajstić information content (AvgIpc) is 3.04. The summed E-state index contributed by atoms with van der Waals surface area (Å²) in [7, 11) is 0. The number of para-hydroxylation sites is 1. The zero-order chi connectivity index (χ0) is 21.0. The van der Waals surface area contributed by atoms with E-state index in [2.05, 4.69) is 16.0 Å². The maximum absolute atomic E-state index is 12.5. The van der Waals surface area contributed by atoms with E-state index in [9.17, 15) is 14.4 Å². The Labute approximate surface area is 175 Å². The van der Waals surface area contributed by atoms with Crippen LogP contribution in [0.4, 0.5) is 4.79 Å². The summed E-state index contributed by atoms with van der Waals surface area (Å²) in [5.74, 6) is 0.408. The van der Waals surface area contributed by atoms with E-state index < -0.39 is 11.6 Å². The number of amides is 4. The number of ether oxygens (including phenoxy) is 1. The number of urea groups is 1. The molecule has 1 aliphatic heterocycles. The van der Waals surface area contributed by atoms with Crippen LogP contribution in [-0.4, -0.2) is 23.4 Å². The van der Waals surface area contributed by atoms with Crippen molar-refractivity contribution in [2.24, 2.45) is 5.92 Å². The number of carbonyl (C=O) groups excluding carboxylic acids is 3. The van der Waals surface area contributed by atoms with Crippen molar-refractivity contribution in [3.63, 3.8) is 0 Å². The number of hydrogen-bond acceptors (Lipinski definition) is 4. The molecule has 2 aliphatic rings. The lowest BCUT2D eigenvalue weighted by Gasteiger charge is -2.33. The van der Waals surface area contributed by atoms with Crippen molar-refractivity contribution < 1.29 is 19.1 Å². The summed E-state index contributed by atoms with van der Waals surface area (Å²) in [6.07, 6.45) is 2.13. The second kappa shape index (κ2) is 8.57. The van der Waals surface area contributed by atoms with E-state index in [0.717, 1.165) is 16.9 Å². The molecule has 0 radical (unpaired) electrons. The van der Waals surface area contributed by atoms with Crippen molar-refractivity contribution >= 4 is 17.8 Å². The van der Waals surface area contributed by atoms with Gasteiger partial charge in [0.2, 0.25) is 5.91 Å². The highest BCUT2D eigenvalue weighted by Crippen LogP contribution is 2.34. The number of carbonyl (C=O) groups is 3. The molecule has 2 fully saturated rings. The molecular formula is C23H25N3O4. The Morgan fingerprint density at radius 2 is 1.67 bits per heavy atom. The van der Waals surface area contributed by atoms with Crippen molar-refractivity contribution in [1.82, 2.24) is 16.0 Å². The Bertz CT molecular complexity index is 919. The van der Waals surface area contributed by atoms with Gasteiger partial charge in [0.05, 0.1) is 0 Å². The Morgan fingerprint density at radius 3 is 2.30 bits per heavy atom. The van der Waals surface area contributed by atoms with Gasteiger partial charge in [-0.05, 0) is 48.9 Å². The first-order valence-electron chi connectivity index (χ1n) is 10.2. The van der Waals surface area contributed by atoms with Gasteiger partial charge in [0, 0.05) is 12.5 Å². The fraction of sp³-hybridized carbons (Fsp3) is 0.348. The number of imide groups is 1. The van der Waals surface area contributed by atoms with Gasteiger partial charge in [0.1, 0.15) is 17.9 Å². The van der Waals surface area contributed by atoms with E-state index in [1.807, 2.05) is 54.6 Å². The highest BCUT2D eigenvalue weighted by atomic mass is 16.5. The van der Waals surface area contributed by atoms with Crippen LogP contribution in [0.3, 0.4) is 0 Å². The van der Waals surface area contributed by atoms with Crippen LogP contribution >= 0.6 is 0 Å². The normalized spacial score (nSPS) is 23.0. The van der Waals surface area contributed by atoms with Gasteiger partial charge in [0.15, 0.2) is 0 Å². The molecule has 0 aromatic heterocycles. The second-order valence-electron chi connectivity index (χ2n) is 7.90. The molecule has 0 bridgehead atoms. The van der Waals surface area contributed by atoms with E-state index in [-0.39, 0.29) is 17.7 Å². The minimum atomic E-state index is -0.828. The van der Waals surface area contributed by atoms with E-state index in [0.29, 0.717) is 38.8 Å². The van der Waals surface area contributed by atoms with Gasteiger partial charge in [-0.3, -0.25) is 14.9 Å². The molecule has 4 amide bonds. The fourth-order valence-electron chi connectivity index (χ4n) is 4.02. The molecule has 1 spiro atoms. The van der Waals surface area contributed by atoms with E-state index in [1.165, 1.54) is 0 Å². The minimum Gasteiger partial charge on any atom is -0.489 e. The molecule has 7 heteroatoms. The van der Waals surface area contributed by atoms with Crippen LogP contribution in [0.1, 0.15) is 36.8 Å². The highest BCUT2D eigenvalue weighted by molar-refractivity contribution is 6.07. The number of rotatable bonds is 6. The first-order valence-corrected chi connectivity index (χ1v) is 10.2. The average molecular weight is 407 g/mol. The second-order valence-corrected chi connectivity index (χ2v) is 7.90. The third-order valence-electron chi connectivity index (χ3n) is 5.86. The van der Waals surface area contributed by atoms with Crippen molar-refractivity contribution in [3.05, 3.63) is 65.7 Å².